The number of alkyl halides is 3. The van der Waals surface area contributed by atoms with Gasteiger partial charge in [-0.1, -0.05) is 30.3 Å². The van der Waals surface area contributed by atoms with E-state index in [1.807, 2.05) is 5.38 Å². The van der Waals surface area contributed by atoms with Crippen LogP contribution in [0.25, 0.3) is 0 Å². The predicted molar refractivity (Wildman–Crippen MR) is 78.7 cm³/mol. The minimum atomic E-state index is -4.45. The average Bonchev–Trinajstić information content (AvgIpc) is 2.98. The van der Waals surface area contributed by atoms with E-state index in [2.05, 4.69) is 10.3 Å². The van der Waals surface area contributed by atoms with Gasteiger partial charge in [-0.3, -0.25) is 4.79 Å². The summed E-state index contributed by atoms with van der Waals surface area (Å²) in [5, 5.41) is 5.18. The second kappa shape index (κ2) is 7.40. The van der Waals surface area contributed by atoms with E-state index in [9.17, 15) is 18.0 Å². The number of aromatic nitrogens is 1. The molecule has 0 spiro atoms. The summed E-state index contributed by atoms with van der Waals surface area (Å²) in [5.74, 6) is -2.39. The molecule has 0 aliphatic rings. The first kappa shape index (κ1) is 16.5. The number of amides is 1. The van der Waals surface area contributed by atoms with E-state index in [0.29, 0.717) is 6.42 Å². The minimum Gasteiger partial charge on any atom is -0.356 e. The van der Waals surface area contributed by atoms with E-state index < -0.39 is 24.4 Å². The summed E-state index contributed by atoms with van der Waals surface area (Å²) >= 11 is 1.45. The molecule has 0 aliphatic carbocycles. The van der Waals surface area contributed by atoms with Crippen molar-refractivity contribution in [1.29, 1.82) is 0 Å². The van der Waals surface area contributed by atoms with Crippen molar-refractivity contribution in [1.82, 2.24) is 10.3 Å². The Kier molecular flexibility index (Phi) is 5.54. The van der Waals surface area contributed by atoms with Gasteiger partial charge in [0.05, 0.1) is 10.9 Å². The molecule has 1 aromatic carbocycles. The summed E-state index contributed by atoms with van der Waals surface area (Å²) in [5.41, 5.74) is 0.102. The molecular weight excluding hydrogens is 313 g/mol. The van der Waals surface area contributed by atoms with Gasteiger partial charge in [0.2, 0.25) is 5.91 Å². The van der Waals surface area contributed by atoms with Crippen LogP contribution in [0.3, 0.4) is 0 Å². The summed E-state index contributed by atoms with van der Waals surface area (Å²) in [7, 11) is 0. The second-order valence-electron chi connectivity index (χ2n) is 4.73. The number of thiazole rings is 1. The van der Waals surface area contributed by atoms with Crippen molar-refractivity contribution in [2.45, 2.75) is 24.9 Å². The monoisotopic (exact) mass is 328 g/mol. The quantitative estimate of drug-likeness (QED) is 0.881. The van der Waals surface area contributed by atoms with E-state index in [0.717, 1.165) is 5.01 Å². The Morgan fingerprint density at radius 3 is 2.59 bits per heavy atom. The van der Waals surface area contributed by atoms with Gasteiger partial charge in [-0.2, -0.15) is 13.2 Å². The molecule has 1 atom stereocenters. The fourth-order valence-electron chi connectivity index (χ4n) is 2.05. The van der Waals surface area contributed by atoms with Gasteiger partial charge in [-0.05, 0) is 5.56 Å². The summed E-state index contributed by atoms with van der Waals surface area (Å²) in [6.45, 7) is 0.283. The van der Waals surface area contributed by atoms with Crippen molar-refractivity contribution in [2.24, 2.45) is 0 Å². The third-order valence-electron chi connectivity index (χ3n) is 3.13. The Morgan fingerprint density at radius 2 is 2.00 bits per heavy atom. The lowest BCUT2D eigenvalue weighted by Gasteiger charge is -2.20. The predicted octanol–water partition coefficient (Wildman–Crippen LogP) is 3.54. The van der Waals surface area contributed by atoms with Crippen LogP contribution in [0.2, 0.25) is 0 Å². The third kappa shape index (κ3) is 4.84. The number of nitrogens with zero attached hydrogens (tertiary/aromatic N) is 1. The first-order valence-corrected chi connectivity index (χ1v) is 7.61. The molecule has 3 nitrogen and oxygen atoms in total. The molecule has 0 aliphatic heterocycles. The lowest BCUT2D eigenvalue weighted by molar-refractivity contribution is -0.157. The number of carbonyl (C=O) groups is 1. The van der Waals surface area contributed by atoms with Gasteiger partial charge < -0.3 is 5.32 Å². The van der Waals surface area contributed by atoms with Gasteiger partial charge in [0.25, 0.3) is 0 Å². The molecule has 7 heteroatoms. The number of carbonyl (C=O) groups excluding carboxylic acids is 1. The summed E-state index contributed by atoms with van der Waals surface area (Å²) in [6.07, 6.45) is -2.89. The average molecular weight is 328 g/mol. The molecule has 2 rings (SSSR count). The van der Waals surface area contributed by atoms with Gasteiger partial charge in [0.1, 0.15) is 0 Å². The number of halogens is 3. The van der Waals surface area contributed by atoms with Gasteiger partial charge in [-0.25, -0.2) is 4.98 Å². The molecule has 1 aromatic heterocycles. The highest BCUT2D eigenvalue weighted by atomic mass is 32.1. The Bertz CT molecular complexity index is 585. The van der Waals surface area contributed by atoms with Crippen LogP contribution >= 0.6 is 11.3 Å². The third-order valence-corrected chi connectivity index (χ3v) is 3.97. The topological polar surface area (TPSA) is 42.0 Å². The van der Waals surface area contributed by atoms with E-state index in [1.54, 1.807) is 12.3 Å². The minimum absolute atomic E-state index is 0.102. The van der Waals surface area contributed by atoms with Crippen molar-refractivity contribution < 1.29 is 18.0 Å². The van der Waals surface area contributed by atoms with Gasteiger partial charge >= 0.3 is 6.18 Å². The highest BCUT2D eigenvalue weighted by molar-refractivity contribution is 7.09. The molecule has 2 aromatic rings. The molecular formula is C15H15F3N2OS. The maximum Gasteiger partial charge on any atom is 0.396 e. The molecule has 1 amide bonds. The maximum absolute atomic E-state index is 13.1. The zero-order chi connectivity index (χ0) is 16.0. The van der Waals surface area contributed by atoms with Crippen LogP contribution in [0.15, 0.2) is 41.9 Å². The lowest BCUT2D eigenvalue weighted by Crippen LogP contribution is -2.31. The highest BCUT2D eigenvalue weighted by Crippen LogP contribution is 2.37. The van der Waals surface area contributed by atoms with Crippen LogP contribution in [0, 0.1) is 0 Å². The largest absolute Gasteiger partial charge is 0.396 e. The van der Waals surface area contributed by atoms with E-state index in [1.165, 1.54) is 35.6 Å². The molecule has 0 fully saturated rings. The van der Waals surface area contributed by atoms with Gasteiger partial charge in [0.15, 0.2) is 0 Å². The van der Waals surface area contributed by atoms with Crippen molar-refractivity contribution in [3.63, 3.8) is 0 Å². The number of rotatable bonds is 6. The molecule has 22 heavy (non-hydrogen) atoms. The van der Waals surface area contributed by atoms with Crippen LogP contribution in [-0.2, 0) is 11.2 Å². The normalized spacial score (nSPS) is 12.9. The molecule has 0 saturated carbocycles. The fraction of sp³-hybridized carbons (Fsp3) is 0.333. The van der Waals surface area contributed by atoms with Gasteiger partial charge in [-0.15, -0.1) is 11.3 Å². The second-order valence-corrected chi connectivity index (χ2v) is 5.71. The van der Waals surface area contributed by atoms with E-state index in [-0.39, 0.29) is 12.1 Å². The Balaban J connectivity index is 1.91. The molecule has 1 heterocycles. The number of nitrogens with one attached hydrogen (secondary N) is 1. The van der Waals surface area contributed by atoms with Crippen LogP contribution in [0.4, 0.5) is 13.2 Å². The zero-order valence-corrected chi connectivity index (χ0v) is 12.5. The molecule has 118 valence electrons. The summed E-state index contributed by atoms with van der Waals surface area (Å²) in [6, 6.07) is 7.50. The SMILES string of the molecule is O=C(C[C@H](c1ccccc1)C(F)(F)F)NCCc1nccs1. The van der Waals surface area contributed by atoms with Crippen LogP contribution in [-0.4, -0.2) is 23.6 Å². The Labute approximate surface area is 130 Å². The van der Waals surface area contributed by atoms with Crippen LogP contribution in [0.5, 0.6) is 0 Å². The number of hydrogen-bond acceptors (Lipinski definition) is 3. The van der Waals surface area contributed by atoms with Crippen LogP contribution in [0.1, 0.15) is 22.9 Å². The molecule has 0 radical (unpaired) electrons. The van der Waals surface area contributed by atoms with E-state index in [4.69, 9.17) is 0 Å². The molecule has 0 bridgehead atoms. The van der Waals surface area contributed by atoms with Crippen molar-refractivity contribution >= 4 is 17.2 Å². The number of hydrogen-bond donors (Lipinski definition) is 1. The lowest BCUT2D eigenvalue weighted by atomic mass is 9.95. The smallest absolute Gasteiger partial charge is 0.356 e. The van der Waals surface area contributed by atoms with Crippen molar-refractivity contribution in [3.05, 3.63) is 52.5 Å². The Hall–Kier alpha value is -1.89. The zero-order valence-electron chi connectivity index (χ0n) is 11.6. The summed E-state index contributed by atoms with van der Waals surface area (Å²) in [4.78, 5) is 15.8. The van der Waals surface area contributed by atoms with Crippen molar-refractivity contribution in [2.75, 3.05) is 6.54 Å². The standard InChI is InChI=1S/C15H15F3N2OS/c16-15(17,18)12(11-4-2-1-3-5-11)10-13(21)19-7-6-14-20-8-9-22-14/h1-5,8-9,12H,6-7,10H2,(H,19,21)/t12-/m1/s1. The molecule has 1 N–H and O–H groups in total. The summed E-state index contributed by atoms with van der Waals surface area (Å²) < 4.78 is 39.4. The number of benzene rings is 1. The van der Waals surface area contributed by atoms with Gasteiger partial charge in [0, 0.05) is 31.0 Å². The molecule has 0 saturated heterocycles. The maximum atomic E-state index is 13.1. The Morgan fingerprint density at radius 1 is 1.27 bits per heavy atom. The van der Waals surface area contributed by atoms with Crippen molar-refractivity contribution in [3.8, 4) is 0 Å². The first-order valence-electron chi connectivity index (χ1n) is 6.73. The first-order chi connectivity index (χ1) is 10.5. The van der Waals surface area contributed by atoms with Crippen LogP contribution < -0.4 is 5.32 Å². The molecule has 0 unspecified atom stereocenters. The fourth-order valence-corrected chi connectivity index (χ4v) is 2.67. The highest BCUT2D eigenvalue weighted by Gasteiger charge is 2.41. The van der Waals surface area contributed by atoms with E-state index >= 15 is 0 Å².